The number of nitrogens with one attached hydrogen (secondary N) is 1. The SMILES string of the molecule is COC[C@H](C)Nc1ncc2c(OC3CCOCC3)ncc(-c3ccc(CO)cc3)c2n1. The molecule has 8 heteroatoms. The molecule has 164 valence electrons. The van der Waals surface area contributed by atoms with E-state index in [1.165, 1.54) is 0 Å². The zero-order chi connectivity index (χ0) is 21.6. The summed E-state index contributed by atoms with van der Waals surface area (Å²) >= 11 is 0. The molecule has 4 rings (SSSR count). The number of aliphatic hydroxyl groups is 1. The van der Waals surface area contributed by atoms with Gasteiger partial charge in [0.15, 0.2) is 0 Å². The molecule has 1 fully saturated rings. The van der Waals surface area contributed by atoms with Crippen molar-refractivity contribution in [2.75, 3.05) is 32.2 Å². The number of ether oxygens (including phenoxy) is 3. The minimum absolute atomic E-state index is 0.00475. The molecule has 0 radical (unpaired) electrons. The zero-order valence-electron chi connectivity index (χ0n) is 17.9. The quantitative estimate of drug-likeness (QED) is 0.569. The second-order valence-corrected chi connectivity index (χ2v) is 7.72. The molecule has 0 bridgehead atoms. The van der Waals surface area contributed by atoms with Crippen molar-refractivity contribution in [1.29, 1.82) is 0 Å². The van der Waals surface area contributed by atoms with Crippen LogP contribution in [0.15, 0.2) is 36.7 Å². The van der Waals surface area contributed by atoms with E-state index in [1.807, 2.05) is 31.2 Å². The molecule has 2 N–H and O–H groups in total. The molecule has 0 amide bonds. The van der Waals surface area contributed by atoms with Crippen LogP contribution in [0.1, 0.15) is 25.3 Å². The second kappa shape index (κ2) is 10.00. The van der Waals surface area contributed by atoms with Crippen LogP contribution in [-0.4, -0.2) is 59.1 Å². The predicted octanol–water partition coefficient (Wildman–Crippen LogP) is 3.19. The molecule has 1 aliphatic heterocycles. The van der Waals surface area contributed by atoms with Crippen LogP contribution >= 0.6 is 0 Å². The average Bonchev–Trinajstić information content (AvgIpc) is 2.80. The predicted molar refractivity (Wildman–Crippen MR) is 118 cm³/mol. The van der Waals surface area contributed by atoms with Gasteiger partial charge in [-0.05, 0) is 18.1 Å². The monoisotopic (exact) mass is 424 g/mol. The van der Waals surface area contributed by atoms with Crippen molar-refractivity contribution in [3.63, 3.8) is 0 Å². The van der Waals surface area contributed by atoms with Gasteiger partial charge in [-0.2, -0.15) is 0 Å². The first-order valence-electron chi connectivity index (χ1n) is 10.5. The van der Waals surface area contributed by atoms with Crippen LogP contribution in [0.3, 0.4) is 0 Å². The van der Waals surface area contributed by atoms with E-state index >= 15 is 0 Å². The van der Waals surface area contributed by atoms with E-state index in [0.717, 1.165) is 40.4 Å². The van der Waals surface area contributed by atoms with Gasteiger partial charge in [0.1, 0.15) is 6.10 Å². The van der Waals surface area contributed by atoms with Crippen molar-refractivity contribution in [2.45, 2.75) is 38.5 Å². The maximum atomic E-state index is 9.35. The van der Waals surface area contributed by atoms with Gasteiger partial charge in [0.2, 0.25) is 11.8 Å². The first-order chi connectivity index (χ1) is 15.2. The summed E-state index contributed by atoms with van der Waals surface area (Å²) in [7, 11) is 1.67. The highest BCUT2D eigenvalue weighted by atomic mass is 16.5. The molecule has 1 aromatic carbocycles. The summed E-state index contributed by atoms with van der Waals surface area (Å²) in [5.41, 5.74) is 3.45. The summed E-state index contributed by atoms with van der Waals surface area (Å²) < 4.78 is 16.8. The van der Waals surface area contributed by atoms with E-state index in [1.54, 1.807) is 19.5 Å². The van der Waals surface area contributed by atoms with Crippen molar-refractivity contribution in [3.05, 3.63) is 42.2 Å². The molecule has 8 nitrogen and oxygen atoms in total. The Hall–Kier alpha value is -2.81. The van der Waals surface area contributed by atoms with E-state index in [2.05, 4.69) is 15.3 Å². The van der Waals surface area contributed by atoms with Crippen molar-refractivity contribution in [2.24, 2.45) is 0 Å². The number of nitrogens with zero attached hydrogens (tertiary/aromatic N) is 3. The molecular weight excluding hydrogens is 396 g/mol. The van der Waals surface area contributed by atoms with Gasteiger partial charge in [-0.15, -0.1) is 0 Å². The van der Waals surface area contributed by atoms with Crippen LogP contribution in [0, 0.1) is 0 Å². The summed E-state index contributed by atoms with van der Waals surface area (Å²) in [6.07, 6.45) is 5.29. The number of rotatable bonds is 8. The van der Waals surface area contributed by atoms with Crippen LogP contribution in [0.25, 0.3) is 22.0 Å². The highest BCUT2D eigenvalue weighted by molar-refractivity contribution is 5.96. The van der Waals surface area contributed by atoms with Gasteiger partial charge in [-0.3, -0.25) is 0 Å². The number of hydrogen-bond acceptors (Lipinski definition) is 8. The lowest BCUT2D eigenvalue weighted by atomic mass is 10.0. The van der Waals surface area contributed by atoms with Crippen LogP contribution in [0.4, 0.5) is 5.95 Å². The Bertz CT molecular complexity index is 1010. The lowest BCUT2D eigenvalue weighted by Gasteiger charge is -2.23. The molecule has 3 heterocycles. The van der Waals surface area contributed by atoms with Gasteiger partial charge in [-0.1, -0.05) is 24.3 Å². The van der Waals surface area contributed by atoms with E-state index in [0.29, 0.717) is 31.6 Å². The van der Waals surface area contributed by atoms with Gasteiger partial charge in [0.25, 0.3) is 0 Å². The van der Waals surface area contributed by atoms with E-state index in [9.17, 15) is 5.11 Å². The number of aliphatic hydroxyl groups excluding tert-OH is 1. The molecule has 0 aliphatic carbocycles. The van der Waals surface area contributed by atoms with Crippen LogP contribution in [0.2, 0.25) is 0 Å². The third-order valence-electron chi connectivity index (χ3n) is 5.27. The first kappa shape index (κ1) is 21.4. The molecule has 0 unspecified atom stereocenters. The van der Waals surface area contributed by atoms with E-state index in [4.69, 9.17) is 19.2 Å². The molecule has 31 heavy (non-hydrogen) atoms. The molecule has 1 saturated heterocycles. The van der Waals surface area contributed by atoms with E-state index in [-0.39, 0.29) is 18.8 Å². The number of hydrogen-bond donors (Lipinski definition) is 2. The minimum atomic E-state index is 0.00475. The molecule has 0 spiro atoms. The minimum Gasteiger partial charge on any atom is -0.474 e. The number of pyridine rings is 1. The number of methoxy groups -OCH3 is 1. The number of fused-ring (bicyclic) bond motifs is 1. The maximum absolute atomic E-state index is 9.35. The van der Waals surface area contributed by atoms with Crippen LogP contribution < -0.4 is 10.1 Å². The Kier molecular flexibility index (Phi) is 6.91. The summed E-state index contributed by atoms with van der Waals surface area (Å²) in [4.78, 5) is 13.9. The standard InChI is InChI=1S/C23H28N4O4/c1-15(14-29-2)26-23-25-12-20-21(27-23)19(17-5-3-16(13-28)4-6-17)11-24-22(20)31-18-7-9-30-10-8-18/h3-6,11-12,15,18,28H,7-10,13-14H2,1-2H3,(H,25,26,27)/t15-/m0/s1. The highest BCUT2D eigenvalue weighted by Crippen LogP contribution is 2.33. The Labute approximate surface area is 181 Å². The molecular formula is C23H28N4O4. The van der Waals surface area contributed by atoms with E-state index < -0.39 is 0 Å². The lowest BCUT2D eigenvalue weighted by molar-refractivity contribution is 0.0244. The van der Waals surface area contributed by atoms with Gasteiger partial charge in [0, 0.05) is 44.0 Å². The fourth-order valence-electron chi connectivity index (χ4n) is 3.63. The zero-order valence-corrected chi connectivity index (χ0v) is 17.9. The molecule has 0 saturated carbocycles. The molecule has 3 aromatic rings. The Morgan fingerprint density at radius 1 is 1.16 bits per heavy atom. The fourth-order valence-corrected chi connectivity index (χ4v) is 3.63. The maximum Gasteiger partial charge on any atom is 0.224 e. The number of benzene rings is 1. The lowest BCUT2D eigenvalue weighted by Crippen LogP contribution is -2.26. The summed E-state index contributed by atoms with van der Waals surface area (Å²) in [5.74, 6) is 1.06. The summed E-state index contributed by atoms with van der Waals surface area (Å²) in [5, 5.41) is 13.4. The largest absolute Gasteiger partial charge is 0.474 e. The Morgan fingerprint density at radius 3 is 2.65 bits per heavy atom. The highest BCUT2D eigenvalue weighted by Gasteiger charge is 2.20. The average molecular weight is 425 g/mol. The van der Waals surface area contributed by atoms with Gasteiger partial charge in [0.05, 0.1) is 37.3 Å². The van der Waals surface area contributed by atoms with Gasteiger partial charge in [-0.25, -0.2) is 15.0 Å². The fraction of sp³-hybridized carbons (Fsp3) is 0.435. The van der Waals surface area contributed by atoms with Gasteiger partial charge < -0.3 is 24.6 Å². The Balaban J connectivity index is 1.74. The van der Waals surface area contributed by atoms with Crippen LogP contribution in [-0.2, 0) is 16.1 Å². The summed E-state index contributed by atoms with van der Waals surface area (Å²) in [6, 6.07) is 7.78. The Morgan fingerprint density at radius 2 is 1.94 bits per heavy atom. The van der Waals surface area contributed by atoms with Crippen molar-refractivity contribution in [1.82, 2.24) is 15.0 Å². The normalized spacial score (nSPS) is 15.7. The second-order valence-electron chi connectivity index (χ2n) is 7.72. The third-order valence-corrected chi connectivity index (χ3v) is 5.27. The first-order valence-corrected chi connectivity index (χ1v) is 10.5. The molecule has 1 atom stereocenters. The molecule has 2 aromatic heterocycles. The third kappa shape index (κ3) is 5.10. The topological polar surface area (TPSA) is 98.6 Å². The van der Waals surface area contributed by atoms with Crippen LogP contribution in [0.5, 0.6) is 5.88 Å². The van der Waals surface area contributed by atoms with Crippen molar-refractivity contribution in [3.8, 4) is 17.0 Å². The number of aromatic nitrogens is 3. The van der Waals surface area contributed by atoms with Gasteiger partial charge >= 0.3 is 0 Å². The van der Waals surface area contributed by atoms with Crippen molar-refractivity contribution >= 4 is 16.9 Å². The van der Waals surface area contributed by atoms with Crippen molar-refractivity contribution < 1.29 is 19.3 Å². The summed E-state index contributed by atoms with van der Waals surface area (Å²) in [6.45, 7) is 3.95. The number of anilines is 1. The molecule has 1 aliphatic rings. The smallest absolute Gasteiger partial charge is 0.224 e.